The minimum absolute atomic E-state index is 0.346. The van der Waals surface area contributed by atoms with Crippen molar-refractivity contribution in [2.45, 2.75) is 13.5 Å². The summed E-state index contributed by atoms with van der Waals surface area (Å²) in [6.45, 7) is 2.82. The number of esters is 1. The molecule has 0 amide bonds. The molecule has 3 heteroatoms. The molecule has 0 aliphatic heterocycles. The monoisotopic (exact) mass is 220 g/mol. The molecule has 0 saturated carbocycles. The SMILES string of the molecule is COC(=O)/C=C(\C)COCc1ccccc1. The molecule has 86 valence electrons. The van der Waals surface area contributed by atoms with E-state index < -0.39 is 0 Å². The van der Waals surface area contributed by atoms with Gasteiger partial charge in [0.2, 0.25) is 0 Å². The summed E-state index contributed by atoms with van der Waals surface area (Å²) in [6, 6.07) is 9.90. The normalized spacial score (nSPS) is 11.2. The molecule has 0 bridgehead atoms. The van der Waals surface area contributed by atoms with Gasteiger partial charge in [0.25, 0.3) is 0 Å². The van der Waals surface area contributed by atoms with Gasteiger partial charge < -0.3 is 9.47 Å². The van der Waals surface area contributed by atoms with Crippen molar-refractivity contribution >= 4 is 5.97 Å². The molecule has 0 unspecified atom stereocenters. The van der Waals surface area contributed by atoms with E-state index in [9.17, 15) is 4.79 Å². The lowest BCUT2D eigenvalue weighted by molar-refractivity contribution is -0.134. The highest BCUT2D eigenvalue weighted by Gasteiger charge is 1.97. The van der Waals surface area contributed by atoms with Crippen LogP contribution in [0.4, 0.5) is 0 Å². The summed E-state index contributed by atoms with van der Waals surface area (Å²) >= 11 is 0. The fourth-order valence-corrected chi connectivity index (χ4v) is 1.21. The third-order valence-electron chi connectivity index (χ3n) is 2.01. The van der Waals surface area contributed by atoms with Crippen molar-refractivity contribution in [3.05, 3.63) is 47.5 Å². The number of methoxy groups -OCH3 is 1. The second-order valence-electron chi connectivity index (χ2n) is 3.49. The minimum atomic E-state index is -0.346. The van der Waals surface area contributed by atoms with E-state index in [2.05, 4.69) is 4.74 Å². The Morgan fingerprint density at radius 1 is 1.31 bits per heavy atom. The van der Waals surface area contributed by atoms with Crippen LogP contribution in [0.5, 0.6) is 0 Å². The quantitative estimate of drug-likeness (QED) is 0.564. The van der Waals surface area contributed by atoms with Crippen molar-refractivity contribution in [3.63, 3.8) is 0 Å². The average molecular weight is 220 g/mol. The van der Waals surface area contributed by atoms with E-state index in [0.717, 1.165) is 11.1 Å². The zero-order valence-electron chi connectivity index (χ0n) is 9.60. The highest BCUT2D eigenvalue weighted by atomic mass is 16.5. The molecule has 0 aromatic heterocycles. The molecule has 0 fully saturated rings. The van der Waals surface area contributed by atoms with Crippen LogP contribution in [0.1, 0.15) is 12.5 Å². The van der Waals surface area contributed by atoms with E-state index in [-0.39, 0.29) is 5.97 Å². The number of carbonyl (C=O) groups excluding carboxylic acids is 1. The zero-order chi connectivity index (χ0) is 11.8. The molecule has 1 rings (SSSR count). The highest BCUT2D eigenvalue weighted by molar-refractivity contribution is 5.82. The molecule has 16 heavy (non-hydrogen) atoms. The highest BCUT2D eigenvalue weighted by Crippen LogP contribution is 2.02. The Morgan fingerprint density at radius 2 is 2.00 bits per heavy atom. The minimum Gasteiger partial charge on any atom is -0.466 e. The second kappa shape index (κ2) is 6.80. The van der Waals surface area contributed by atoms with E-state index in [4.69, 9.17) is 4.74 Å². The molecule has 0 saturated heterocycles. The fourth-order valence-electron chi connectivity index (χ4n) is 1.21. The first-order valence-electron chi connectivity index (χ1n) is 5.09. The summed E-state index contributed by atoms with van der Waals surface area (Å²) in [7, 11) is 1.36. The Morgan fingerprint density at radius 3 is 2.62 bits per heavy atom. The maximum absolute atomic E-state index is 10.9. The van der Waals surface area contributed by atoms with Gasteiger partial charge in [0.05, 0.1) is 20.3 Å². The fraction of sp³-hybridized carbons (Fsp3) is 0.308. The topological polar surface area (TPSA) is 35.5 Å². The number of ether oxygens (including phenoxy) is 2. The van der Waals surface area contributed by atoms with E-state index >= 15 is 0 Å². The van der Waals surface area contributed by atoms with Crippen molar-refractivity contribution in [2.75, 3.05) is 13.7 Å². The van der Waals surface area contributed by atoms with Crippen LogP contribution in [-0.4, -0.2) is 19.7 Å². The smallest absolute Gasteiger partial charge is 0.330 e. The second-order valence-corrected chi connectivity index (χ2v) is 3.49. The van der Waals surface area contributed by atoms with Gasteiger partial charge in [-0.2, -0.15) is 0 Å². The van der Waals surface area contributed by atoms with Crippen LogP contribution < -0.4 is 0 Å². The Kier molecular flexibility index (Phi) is 5.29. The molecule has 3 nitrogen and oxygen atoms in total. The van der Waals surface area contributed by atoms with E-state index in [1.54, 1.807) is 0 Å². The lowest BCUT2D eigenvalue weighted by Gasteiger charge is -2.04. The van der Waals surface area contributed by atoms with Gasteiger partial charge in [0.1, 0.15) is 0 Å². The third kappa shape index (κ3) is 4.75. The van der Waals surface area contributed by atoms with Gasteiger partial charge in [-0.1, -0.05) is 30.3 Å². The largest absolute Gasteiger partial charge is 0.466 e. The molecule has 0 aliphatic carbocycles. The van der Waals surface area contributed by atoms with Crippen molar-refractivity contribution in [1.82, 2.24) is 0 Å². The van der Waals surface area contributed by atoms with Gasteiger partial charge in [0, 0.05) is 6.08 Å². The Hall–Kier alpha value is -1.61. The van der Waals surface area contributed by atoms with Crippen LogP contribution in [0.3, 0.4) is 0 Å². The summed E-state index contributed by atoms with van der Waals surface area (Å²) in [6.07, 6.45) is 1.44. The molecular weight excluding hydrogens is 204 g/mol. The third-order valence-corrected chi connectivity index (χ3v) is 2.01. The van der Waals surface area contributed by atoms with Gasteiger partial charge in [-0.3, -0.25) is 0 Å². The van der Waals surface area contributed by atoms with Crippen LogP contribution in [-0.2, 0) is 20.9 Å². The van der Waals surface area contributed by atoms with Gasteiger partial charge in [-0.15, -0.1) is 0 Å². The summed E-state index contributed by atoms with van der Waals surface area (Å²) < 4.78 is 9.97. The molecule has 1 aromatic carbocycles. The zero-order valence-corrected chi connectivity index (χ0v) is 9.60. The molecule has 0 N–H and O–H groups in total. The lowest BCUT2D eigenvalue weighted by Crippen LogP contribution is -2.01. The first-order valence-corrected chi connectivity index (χ1v) is 5.09. The number of hydrogen-bond acceptors (Lipinski definition) is 3. The average Bonchev–Trinajstić information content (AvgIpc) is 2.30. The lowest BCUT2D eigenvalue weighted by atomic mass is 10.2. The van der Waals surface area contributed by atoms with Crippen LogP contribution in [0.15, 0.2) is 42.0 Å². The van der Waals surface area contributed by atoms with Crippen molar-refractivity contribution in [2.24, 2.45) is 0 Å². The Bertz CT molecular complexity index is 355. The molecule has 0 heterocycles. The Balaban J connectivity index is 2.31. The number of hydrogen-bond donors (Lipinski definition) is 0. The number of benzene rings is 1. The first kappa shape index (κ1) is 12.5. The molecule has 0 aliphatic rings. The van der Waals surface area contributed by atoms with Crippen molar-refractivity contribution < 1.29 is 14.3 Å². The standard InChI is InChI=1S/C13H16O3/c1-11(8-13(14)15-2)9-16-10-12-6-4-3-5-7-12/h3-8H,9-10H2,1-2H3/b11-8+. The van der Waals surface area contributed by atoms with Gasteiger partial charge in [-0.05, 0) is 18.1 Å². The van der Waals surface area contributed by atoms with E-state index in [1.807, 2.05) is 37.3 Å². The number of carbonyl (C=O) groups is 1. The van der Waals surface area contributed by atoms with E-state index in [0.29, 0.717) is 13.2 Å². The first-order chi connectivity index (χ1) is 7.72. The summed E-state index contributed by atoms with van der Waals surface area (Å²) in [4.78, 5) is 10.9. The van der Waals surface area contributed by atoms with Crippen molar-refractivity contribution in [1.29, 1.82) is 0 Å². The predicted octanol–water partition coefficient (Wildman–Crippen LogP) is 2.32. The van der Waals surface area contributed by atoms with Crippen LogP contribution in [0.25, 0.3) is 0 Å². The molecule has 1 aromatic rings. The van der Waals surface area contributed by atoms with E-state index in [1.165, 1.54) is 13.2 Å². The molecular formula is C13H16O3. The maximum atomic E-state index is 10.9. The predicted molar refractivity (Wildman–Crippen MR) is 61.9 cm³/mol. The summed E-state index contributed by atoms with van der Waals surface area (Å²) in [5.74, 6) is -0.346. The molecule has 0 spiro atoms. The molecule has 0 radical (unpaired) electrons. The van der Waals surface area contributed by atoms with Gasteiger partial charge >= 0.3 is 5.97 Å². The van der Waals surface area contributed by atoms with Gasteiger partial charge in [0.15, 0.2) is 0 Å². The van der Waals surface area contributed by atoms with Gasteiger partial charge in [-0.25, -0.2) is 4.79 Å². The van der Waals surface area contributed by atoms with Crippen LogP contribution in [0.2, 0.25) is 0 Å². The number of rotatable bonds is 5. The maximum Gasteiger partial charge on any atom is 0.330 e. The summed E-state index contributed by atoms with van der Waals surface area (Å²) in [5.41, 5.74) is 1.97. The molecule has 0 atom stereocenters. The van der Waals surface area contributed by atoms with Crippen LogP contribution >= 0.6 is 0 Å². The Labute approximate surface area is 95.7 Å². The van der Waals surface area contributed by atoms with Crippen LogP contribution in [0, 0.1) is 0 Å². The summed E-state index contributed by atoms with van der Waals surface area (Å²) in [5, 5.41) is 0. The van der Waals surface area contributed by atoms with Crippen molar-refractivity contribution in [3.8, 4) is 0 Å².